The maximum atomic E-state index is 13.4. The summed E-state index contributed by atoms with van der Waals surface area (Å²) in [6.45, 7) is 0.364. The summed E-state index contributed by atoms with van der Waals surface area (Å²) in [6, 6.07) is 5.63. The SMILES string of the molecule is NCCCC[C@@H]1NC(=O)c2cc([N+](=O)[O-])ccc2NCc2ccc(C(N)=O)cc2NC(=O)[C@H](CCC(N)=O)NC1=O. The average Bonchev–Trinajstić information content (AvgIpc) is 2.92. The number of hydrogen-bond acceptors (Lipinski definition) is 9. The van der Waals surface area contributed by atoms with Crippen LogP contribution in [0.3, 0.4) is 0 Å². The van der Waals surface area contributed by atoms with Gasteiger partial charge in [0.25, 0.3) is 11.6 Å². The largest absolute Gasteiger partial charge is 0.380 e. The molecule has 2 aromatic rings. The summed E-state index contributed by atoms with van der Waals surface area (Å²) in [4.78, 5) is 74.2. The molecule has 0 aliphatic carbocycles. The van der Waals surface area contributed by atoms with E-state index in [1.165, 1.54) is 30.3 Å². The van der Waals surface area contributed by atoms with Crippen LogP contribution in [-0.4, -0.2) is 53.1 Å². The molecule has 1 heterocycles. The van der Waals surface area contributed by atoms with Gasteiger partial charge in [-0.25, -0.2) is 0 Å². The van der Waals surface area contributed by atoms with Crippen LogP contribution in [0.2, 0.25) is 0 Å². The van der Waals surface area contributed by atoms with Crippen molar-refractivity contribution in [1.29, 1.82) is 0 Å². The number of unbranched alkanes of at least 4 members (excludes halogenated alkanes) is 1. The molecule has 10 N–H and O–H groups in total. The fraction of sp³-hybridized carbons (Fsp3) is 0.346. The van der Waals surface area contributed by atoms with E-state index in [4.69, 9.17) is 17.2 Å². The van der Waals surface area contributed by atoms with Gasteiger partial charge in [0.05, 0.1) is 10.5 Å². The van der Waals surface area contributed by atoms with Gasteiger partial charge in [-0.05, 0) is 56.0 Å². The van der Waals surface area contributed by atoms with Crippen LogP contribution in [0.15, 0.2) is 36.4 Å². The molecule has 0 saturated carbocycles. The van der Waals surface area contributed by atoms with Gasteiger partial charge < -0.3 is 38.5 Å². The van der Waals surface area contributed by atoms with Gasteiger partial charge in [0.15, 0.2) is 0 Å². The normalized spacial score (nSPS) is 17.4. The molecule has 5 amide bonds. The van der Waals surface area contributed by atoms with E-state index in [1.54, 1.807) is 0 Å². The van der Waals surface area contributed by atoms with Crippen LogP contribution in [0.1, 0.15) is 58.4 Å². The van der Waals surface area contributed by atoms with Crippen molar-refractivity contribution >= 4 is 46.6 Å². The Labute approximate surface area is 234 Å². The number of nitro groups is 1. The van der Waals surface area contributed by atoms with Crippen molar-refractivity contribution in [2.75, 3.05) is 17.2 Å². The van der Waals surface area contributed by atoms with E-state index in [0.29, 0.717) is 24.9 Å². The average molecular weight is 569 g/mol. The van der Waals surface area contributed by atoms with Gasteiger partial charge in [-0.1, -0.05) is 6.07 Å². The van der Waals surface area contributed by atoms with Crippen LogP contribution < -0.4 is 38.5 Å². The minimum absolute atomic E-state index is 0.0188. The molecular formula is C26H32N8O7. The quantitative estimate of drug-likeness (QED) is 0.124. The van der Waals surface area contributed by atoms with Crippen molar-refractivity contribution < 1.29 is 28.9 Å². The smallest absolute Gasteiger partial charge is 0.270 e. The summed E-state index contributed by atoms with van der Waals surface area (Å²) in [5, 5.41) is 22.3. The van der Waals surface area contributed by atoms with Crippen LogP contribution in [0.4, 0.5) is 17.1 Å². The Kier molecular flexibility index (Phi) is 10.3. The monoisotopic (exact) mass is 568 g/mol. The lowest BCUT2D eigenvalue weighted by atomic mass is 10.0. The molecule has 0 fully saturated rings. The highest BCUT2D eigenvalue weighted by molar-refractivity contribution is 6.04. The number of carbonyl (C=O) groups is 5. The number of nitro benzene ring substituents is 1. The lowest BCUT2D eigenvalue weighted by Crippen LogP contribution is -2.53. The highest BCUT2D eigenvalue weighted by Crippen LogP contribution is 2.26. The predicted molar refractivity (Wildman–Crippen MR) is 149 cm³/mol. The molecular weight excluding hydrogens is 536 g/mol. The molecule has 41 heavy (non-hydrogen) atoms. The van der Waals surface area contributed by atoms with Crippen molar-refractivity contribution in [3.05, 3.63) is 63.2 Å². The molecule has 0 unspecified atom stereocenters. The van der Waals surface area contributed by atoms with Crippen molar-refractivity contribution in [2.45, 2.75) is 50.7 Å². The zero-order chi connectivity index (χ0) is 30.1. The standard InChI is InChI=1S/C26H32N8O7/c27-10-2-1-3-19-25(38)32-20(8-9-22(28)35)26(39)33-21-11-14(23(29)36)4-5-15(21)13-30-18-7-6-16(34(40)41)12-17(18)24(37)31-19/h4-7,11-12,19-20,30H,1-3,8-10,13,27H2,(H2,28,35)(H2,29,36)(H,31,37)(H,32,38)(H,33,39)/t19-,20-/m0/s1. The summed E-state index contributed by atoms with van der Waals surface area (Å²) >= 11 is 0. The second-order valence-electron chi connectivity index (χ2n) is 9.44. The summed E-state index contributed by atoms with van der Waals surface area (Å²) in [6.07, 6.45) is 0.787. The van der Waals surface area contributed by atoms with Gasteiger partial charge in [0, 0.05) is 42.0 Å². The third-order valence-corrected chi connectivity index (χ3v) is 6.46. The van der Waals surface area contributed by atoms with E-state index in [-0.39, 0.29) is 54.0 Å². The Hall–Kier alpha value is -5.05. The van der Waals surface area contributed by atoms with E-state index in [9.17, 15) is 34.1 Å². The molecule has 1 aliphatic heterocycles. The second-order valence-corrected chi connectivity index (χ2v) is 9.44. The van der Waals surface area contributed by atoms with E-state index in [2.05, 4.69) is 21.3 Å². The van der Waals surface area contributed by atoms with Crippen LogP contribution in [0.25, 0.3) is 0 Å². The highest BCUT2D eigenvalue weighted by Gasteiger charge is 2.29. The Balaban J connectivity index is 2.11. The molecule has 1 aliphatic rings. The van der Waals surface area contributed by atoms with Gasteiger partial charge >= 0.3 is 0 Å². The molecule has 3 rings (SSSR count). The number of non-ortho nitro benzene ring substituents is 1. The lowest BCUT2D eigenvalue weighted by Gasteiger charge is -2.25. The van der Waals surface area contributed by atoms with Gasteiger partial charge in [0.1, 0.15) is 12.1 Å². The third-order valence-electron chi connectivity index (χ3n) is 6.46. The van der Waals surface area contributed by atoms with E-state index in [0.717, 1.165) is 6.07 Å². The number of anilines is 2. The van der Waals surface area contributed by atoms with E-state index in [1.807, 2.05) is 0 Å². The maximum absolute atomic E-state index is 13.4. The highest BCUT2D eigenvalue weighted by atomic mass is 16.6. The molecule has 0 saturated heterocycles. The Bertz CT molecular complexity index is 1360. The minimum atomic E-state index is -1.24. The number of nitrogens with zero attached hydrogens (tertiary/aromatic N) is 1. The first kappa shape index (κ1) is 30.5. The Morgan fingerprint density at radius 3 is 2.32 bits per heavy atom. The first-order valence-corrected chi connectivity index (χ1v) is 12.9. The fourth-order valence-electron chi connectivity index (χ4n) is 4.22. The number of amides is 5. The van der Waals surface area contributed by atoms with Crippen LogP contribution >= 0.6 is 0 Å². The van der Waals surface area contributed by atoms with Crippen LogP contribution in [0, 0.1) is 10.1 Å². The molecule has 2 aromatic carbocycles. The molecule has 15 nitrogen and oxygen atoms in total. The lowest BCUT2D eigenvalue weighted by molar-refractivity contribution is -0.384. The number of carbonyl (C=O) groups excluding carboxylic acids is 5. The third kappa shape index (κ3) is 8.22. The maximum Gasteiger partial charge on any atom is 0.270 e. The number of fused-ring (bicyclic) bond motifs is 2. The number of nitrogens with one attached hydrogen (secondary N) is 4. The molecule has 218 valence electrons. The Morgan fingerprint density at radius 2 is 1.66 bits per heavy atom. The van der Waals surface area contributed by atoms with Crippen molar-refractivity contribution in [2.24, 2.45) is 17.2 Å². The van der Waals surface area contributed by atoms with Crippen LogP contribution in [-0.2, 0) is 20.9 Å². The predicted octanol–water partition coefficient (Wildman–Crippen LogP) is 0.236. The number of nitrogens with two attached hydrogens (primary N) is 3. The molecule has 2 atom stereocenters. The van der Waals surface area contributed by atoms with Gasteiger partial charge in [-0.15, -0.1) is 0 Å². The summed E-state index contributed by atoms with van der Waals surface area (Å²) in [5.74, 6) is -3.62. The first-order valence-electron chi connectivity index (χ1n) is 12.9. The van der Waals surface area contributed by atoms with Crippen molar-refractivity contribution in [3.63, 3.8) is 0 Å². The fourth-order valence-corrected chi connectivity index (χ4v) is 4.22. The molecule has 0 spiro atoms. The molecule has 0 radical (unpaired) electrons. The molecule has 0 aromatic heterocycles. The van der Waals surface area contributed by atoms with Gasteiger partial charge in [-0.2, -0.15) is 0 Å². The number of benzene rings is 2. The van der Waals surface area contributed by atoms with Crippen LogP contribution in [0.5, 0.6) is 0 Å². The number of hydrogen-bond donors (Lipinski definition) is 7. The first-order chi connectivity index (χ1) is 19.5. The minimum Gasteiger partial charge on any atom is -0.380 e. The summed E-state index contributed by atoms with van der Waals surface area (Å²) in [7, 11) is 0. The molecule has 15 heteroatoms. The Morgan fingerprint density at radius 1 is 0.927 bits per heavy atom. The van der Waals surface area contributed by atoms with Gasteiger partial charge in [0.2, 0.25) is 23.6 Å². The zero-order valence-corrected chi connectivity index (χ0v) is 22.1. The van der Waals surface area contributed by atoms with E-state index >= 15 is 0 Å². The van der Waals surface area contributed by atoms with E-state index < -0.39 is 46.5 Å². The number of rotatable bonds is 9. The van der Waals surface area contributed by atoms with Crippen molar-refractivity contribution in [1.82, 2.24) is 10.6 Å². The zero-order valence-electron chi connectivity index (χ0n) is 22.1. The molecule has 0 bridgehead atoms. The van der Waals surface area contributed by atoms with Gasteiger partial charge in [-0.3, -0.25) is 34.1 Å². The summed E-state index contributed by atoms with van der Waals surface area (Å²) in [5.41, 5.74) is 16.8. The van der Waals surface area contributed by atoms with Crippen molar-refractivity contribution in [3.8, 4) is 0 Å². The summed E-state index contributed by atoms with van der Waals surface area (Å²) < 4.78 is 0. The second kappa shape index (κ2) is 13.8. The topological polar surface area (TPSA) is 255 Å². The number of primary amides is 2.